The molecule has 0 radical (unpaired) electrons. The van der Waals surface area contributed by atoms with Crippen molar-refractivity contribution in [2.45, 2.75) is 26.7 Å². The van der Waals surface area contributed by atoms with Gasteiger partial charge in [0.1, 0.15) is 23.3 Å². The van der Waals surface area contributed by atoms with Crippen molar-refractivity contribution >= 4 is 17.3 Å². The standard InChI is InChI=1S/C16H21FN4/c1-5-21(13-8-6-12(17)7-9-13)15-10-14(18-4)19-16(20-15)11(2)3/h6-11H,5H2,1-4H3,(H,18,19,20). The predicted octanol–water partition coefficient (Wildman–Crippen LogP) is 3.94. The zero-order chi connectivity index (χ0) is 15.4. The molecular weight excluding hydrogens is 267 g/mol. The minimum absolute atomic E-state index is 0.240. The maximum Gasteiger partial charge on any atom is 0.138 e. The van der Waals surface area contributed by atoms with E-state index in [0.29, 0.717) is 0 Å². The lowest BCUT2D eigenvalue weighted by Crippen LogP contribution is -2.19. The fraction of sp³-hybridized carbons (Fsp3) is 0.375. The molecule has 0 unspecified atom stereocenters. The minimum Gasteiger partial charge on any atom is -0.373 e. The molecule has 0 saturated carbocycles. The molecule has 0 atom stereocenters. The zero-order valence-electron chi connectivity index (χ0n) is 12.9. The summed E-state index contributed by atoms with van der Waals surface area (Å²) in [6.45, 7) is 6.91. The van der Waals surface area contributed by atoms with Gasteiger partial charge in [0.15, 0.2) is 0 Å². The lowest BCUT2D eigenvalue weighted by atomic mass is 10.2. The van der Waals surface area contributed by atoms with Gasteiger partial charge in [0.2, 0.25) is 0 Å². The van der Waals surface area contributed by atoms with Gasteiger partial charge in [-0.05, 0) is 31.2 Å². The minimum atomic E-state index is -0.240. The van der Waals surface area contributed by atoms with E-state index in [9.17, 15) is 4.39 Å². The molecule has 0 aliphatic carbocycles. The lowest BCUT2D eigenvalue weighted by Gasteiger charge is -2.23. The number of hydrogen-bond acceptors (Lipinski definition) is 4. The Bertz CT molecular complexity index is 596. The van der Waals surface area contributed by atoms with Gasteiger partial charge in [-0.15, -0.1) is 0 Å². The van der Waals surface area contributed by atoms with Crippen LogP contribution in [0.25, 0.3) is 0 Å². The van der Waals surface area contributed by atoms with E-state index in [1.165, 1.54) is 12.1 Å². The topological polar surface area (TPSA) is 41.0 Å². The normalized spacial score (nSPS) is 10.8. The molecule has 5 heteroatoms. The maximum absolute atomic E-state index is 13.1. The smallest absolute Gasteiger partial charge is 0.138 e. The molecule has 1 aromatic carbocycles. The highest BCUT2D eigenvalue weighted by Gasteiger charge is 2.13. The molecule has 21 heavy (non-hydrogen) atoms. The monoisotopic (exact) mass is 288 g/mol. The molecule has 4 nitrogen and oxygen atoms in total. The highest BCUT2D eigenvalue weighted by molar-refractivity contribution is 5.62. The summed E-state index contributed by atoms with van der Waals surface area (Å²) in [5.74, 6) is 2.38. The quantitative estimate of drug-likeness (QED) is 0.904. The third-order valence-corrected chi connectivity index (χ3v) is 3.23. The molecule has 1 aromatic heterocycles. The third kappa shape index (κ3) is 3.48. The van der Waals surface area contributed by atoms with Crippen molar-refractivity contribution in [2.24, 2.45) is 0 Å². The number of nitrogens with zero attached hydrogens (tertiary/aromatic N) is 3. The summed E-state index contributed by atoms with van der Waals surface area (Å²) in [6.07, 6.45) is 0. The van der Waals surface area contributed by atoms with Crippen LogP contribution in [-0.2, 0) is 0 Å². The van der Waals surface area contributed by atoms with Crippen molar-refractivity contribution in [1.82, 2.24) is 9.97 Å². The Hall–Kier alpha value is -2.17. The van der Waals surface area contributed by atoms with E-state index in [1.807, 2.05) is 24.9 Å². The van der Waals surface area contributed by atoms with E-state index in [-0.39, 0.29) is 11.7 Å². The summed E-state index contributed by atoms with van der Waals surface area (Å²) in [5, 5.41) is 3.06. The van der Waals surface area contributed by atoms with Crippen LogP contribution >= 0.6 is 0 Å². The van der Waals surface area contributed by atoms with Crippen LogP contribution < -0.4 is 10.2 Å². The van der Waals surface area contributed by atoms with Crippen LogP contribution in [0.3, 0.4) is 0 Å². The molecular formula is C16H21FN4. The highest BCUT2D eigenvalue weighted by atomic mass is 19.1. The molecule has 0 aliphatic heterocycles. The van der Waals surface area contributed by atoms with Crippen LogP contribution in [0.15, 0.2) is 30.3 Å². The van der Waals surface area contributed by atoms with Gasteiger partial charge in [-0.1, -0.05) is 13.8 Å². The van der Waals surface area contributed by atoms with Crippen LogP contribution in [0.5, 0.6) is 0 Å². The average Bonchev–Trinajstić information content (AvgIpc) is 2.49. The Balaban J connectivity index is 2.46. The summed E-state index contributed by atoms with van der Waals surface area (Å²) in [7, 11) is 1.84. The Morgan fingerprint density at radius 2 is 1.86 bits per heavy atom. The van der Waals surface area contributed by atoms with Crippen LogP contribution in [-0.4, -0.2) is 23.6 Å². The van der Waals surface area contributed by atoms with E-state index in [4.69, 9.17) is 0 Å². The van der Waals surface area contributed by atoms with Gasteiger partial charge < -0.3 is 10.2 Å². The van der Waals surface area contributed by atoms with Crippen molar-refractivity contribution in [2.75, 3.05) is 23.8 Å². The first-order chi connectivity index (χ1) is 10.0. The average molecular weight is 288 g/mol. The fourth-order valence-corrected chi connectivity index (χ4v) is 2.08. The van der Waals surface area contributed by atoms with Gasteiger partial charge >= 0.3 is 0 Å². The van der Waals surface area contributed by atoms with Crippen molar-refractivity contribution < 1.29 is 4.39 Å². The molecule has 2 rings (SSSR count). The van der Waals surface area contributed by atoms with Crippen molar-refractivity contribution in [3.8, 4) is 0 Å². The predicted molar refractivity (Wildman–Crippen MR) is 84.7 cm³/mol. The summed E-state index contributed by atoms with van der Waals surface area (Å²) >= 11 is 0. The molecule has 1 N–H and O–H groups in total. The molecule has 0 bridgehead atoms. The first-order valence-electron chi connectivity index (χ1n) is 7.15. The van der Waals surface area contributed by atoms with Crippen molar-refractivity contribution in [3.63, 3.8) is 0 Å². The lowest BCUT2D eigenvalue weighted by molar-refractivity contribution is 0.627. The number of halogens is 1. The van der Waals surface area contributed by atoms with Crippen LogP contribution in [0.2, 0.25) is 0 Å². The molecule has 0 amide bonds. The Labute approximate surface area is 125 Å². The number of hydrogen-bond donors (Lipinski definition) is 1. The molecule has 2 aromatic rings. The Morgan fingerprint density at radius 3 is 2.38 bits per heavy atom. The summed E-state index contributed by atoms with van der Waals surface area (Å²) in [6, 6.07) is 8.34. The fourth-order valence-electron chi connectivity index (χ4n) is 2.08. The number of anilines is 3. The van der Waals surface area contributed by atoms with Gasteiger partial charge in [0.05, 0.1) is 0 Å². The van der Waals surface area contributed by atoms with Gasteiger partial charge in [-0.3, -0.25) is 0 Å². The van der Waals surface area contributed by atoms with E-state index in [2.05, 4.69) is 29.1 Å². The van der Waals surface area contributed by atoms with E-state index in [1.54, 1.807) is 12.1 Å². The zero-order valence-corrected chi connectivity index (χ0v) is 12.9. The van der Waals surface area contributed by atoms with Gasteiger partial charge in [0.25, 0.3) is 0 Å². The SMILES string of the molecule is CCN(c1ccc(F)cc1)c1cc(NC)nc(C(C)C)n1. The summed E-state index contributed by atoms with van der Waals surface area (Å²) in [4.78, 5) is 11.1. The largest absolute Gasteiger partial charge is 0.373 e. The first-order valence-corrected chi connectivity index (χ1v) is 7.15. The Kier molecular flexibility index (Phi) is 4.73. The van der Waals surface area contributed by atoms with Gasteiger partial charge in [-0.25, -0.2) is 14.4 Å². The van der Waals surface area contributed by atoms with Gasteiger partial charge in [0, 0.05) is 31.3 Å². The number of benzene rings is 1. The van der Waals surface area contributed by atoms with Gasteiger partial charge in [-0.2, -0.15) is 0 Å². The molecule has 0 spiro atoms. The van der Waals surface area contributed by atoms with Crippen LogP contribution in [0.1, 0.15) is 32.5 Å². The van der Waals surface area contributed by atoms with Crippen LogP contribution in [0, 0.1) is 5.82 Å². The third-order valence-electron chi connectivity index (χ3n) is 3.23. The summed E-state index contributed by atoms with van der Waals surface area (Å²) in [5.41, 5.74) is 0.911. The number of aromatic nitrogens is 2. The van der Waals surface area contributed by atoms with Crippen molar-refractivity contribution in [3.05, 3.63) is 42.0 Å². The molecule has 0 fully saturated rings. The number of nitrogens with one attached hydrogen (secondary N) is 1. The second-order valence-corrected chi connectivity index (χ2v) is 5.09. The molecule has 0 saturated heterocycles. The maximum atomic E-state index is 13.1. The number of rotatable bonds is 5. The second-order valence-electron chi connectivity index (χ2n) is 5.09. The Morgan fingerprint density at radius 1 is 1.19 bits per heavy atom. The molecule has 112 valence electrons. The molecule has 0 aliphatic rings. The van der Waals surface area contributed by atoms with Crippen LogP contribution in [0.4, 0.5) is 21.7 Å². The van der Waals surface area contributed by atoms with E-state index in [0.717, 1.165) is 29.7 Å². The molecule has 1 heterocycles. The van der Waals surface area contributed by atoms with E-state index < -0.39 is 0 Å². The van der Waals surface area contributed by atoms with Crippen molar-refractivity contribution in [1.29, 1.82) is 0 Å². The second kappa shape index (κ2) is 6.52. The van der Waals surface area contributed by atoms with E-state index >= 15 is 0 Å². The highest BCUT2D eigenvalue weighted by Crippen LogP contribution is 2.26. The summed E-state index contributed by atoms with van der Waals surface area (Å²) < 4.78 is 13.1. The first kappa shape index (κ1) is 15.2.